The van der Waals surface area contributed by atoms with Crippen LogP contribution in [0.3, 0.4) is 0 Å². The molecule has 0 unspecified atom stereocenters. The molecule has 0 atom stereocenters. The van der Waals surface area contributed by atoms with Crippen LogP contribution in [-0.4, -0.2) is 59.8 Å². The van der Waals surface area contributed by atoms with E-state index < -0.39 is 11.9 Å². The maximum absolute atomic E-state index is 9.55. The van der Waals surface area contributed by atoms with Crippen LogP contribution in [0.4, 0.5) is 5.69 Å². The van der Waals surface area contributed by atoms with Crippen LogP contribution in [0.15, 0.2) is 66.7 Å². The molecule has 1 aliphatic heterocycles. The average Bonchev–Trinajstić information content (AvgIpc) is 2.82. The molecule has 2 aromatic carbocycles. The molecule has 0 aromatic heterocycles. The highest BCUT2D eigenvalue weighted by atomic mass is 16.4. The monoisotopic (exact) mass is 438 g/mol. The van der Waals surface area contributed by atoms with Crippen LogP contribution in [0.25, 0.3) is 0 Å². The molecule has 0 saturated carbocycles. The van der Waals surface area contributed by atoms with Gasteiger partial charge in [0, 0.05) is 43.5 Å². The Labute approximate surface area is 190 Å². The molecule has 1 fully saturated rings. The van der Waals surface area contributed by atoms with Gasteiger partial charge in [0.1, 0.15) is 0 Å². The Bertz CT molecular complexity index is 841. The summed E-state index contributed by atoms with van der Waals surface area (Å²) in [6, 6.07) is 20.7. The molecule has 0 spiro atoms. The summed E-state index contributed by atoms with van der Waals surface area (Å²) in [6.45, 7) is 5.71. The number of aryl methyl sites for hydroxylation is 1. The molecular formula is C26H34N2O4. The second-order valence-corrected chi connectivity index (χ2v) is 7.96. The fourth-order valence-electron chi connectivity index (χ4n) is 3.78. The average molecular weight is 439 g/mol. The van der Waals surface area contributed by atoms with Gasteiger partial charge < -0.3 is 20.0 Å². The first kappa shape index (κ1) is 25.1. The van der Waals surface area contributed by atoms with Gasteiger partial charge in [0.15, 0.2) is 0 Å². The summed E-state index contributed by atoms with van der Waals surface area (Å²) < 4.78 is 0. The summed E-state index contributed by atoms with van der Waals surface area (Å²) in [7, 11) is 2.29. The van der Waals surface area contributed by atoms with E-state index in [1.54, 1.807) is 0 Å². The third-order valence-corrected chi connectivity index (χ3v) is 5.76. The molecule has 32 heavy (non-hydrogen) atoms. The first-order valence-electron chi connectivity index (χ1n) is 11.1. The molecule has 172 valence electrons. The molecule has 6 heteroatoms. The van der Waals surface area contributed by atoms with Gasteiger partial charge >= 0.3 is 11.9 Å². The number of aliphatic carboxylic acids is 2. The van der Waals surface area contributed by atoms with Crippen molar-refractivity contribution in [2.75, 3.05) is 31.6 Å². The number of carboxylic acids is 2. The number of benzene rings is 2. The molecule has 0 amide bonds. The van der Waals surface area contributed by atoms with E-state index in [1.807, 2.05) is 0 Å². The van der Waals surface area contributed by atoms with E-state index in [0.29, 0.717) is 12.2 Å². The maximum Gasteiger partial charge on any atom is 0.328 e. The van der Waals surface area contributed by atoms with Crippen molar-refractivity contribution < 1.29 is 19.8 Å². The Kier molecular flexibility index (Phi) is 10.5. The minimum absolute atomic E-state index is 0.558. The first-order valence-corrected chi connectivity index (χ1v) is 11.1. The van der Waals surface area contributed by atoms with Gasteiger partial charge in [0.2, 0.25) is 0 Å². The second-order valence-electron chi connectivity index (χ2n) is 7.96. The van der Waals surface area contributed by atoms with Gasteiger partial charge in [-0.15, -0.1) is 0 Å². The number of carbonyl (C=O) groups is 2. The summed E-state index contributed by atoms with van der Waals surface area (Å²) >= 11 is 0. The van der Waals surface area contributed by atoms with Gasteiger partial charge in [-0.1, -0.05) is 49.4 Å². The molecule has 1 saturated heterocycles. The molecule has 0 aliphatic carbocycles. The van der Waals surface area contributed by atoms with E-state index in [4.69, 9.17) is 10.2 Å². The lowest BCUT2D eigenvalue weighted by Gasteiger charge is -2.38. The van der Waals surface area contributed by atoms with Gasteiger partial charge in [0.25, 0.3) is 0 Å². The third kappa shape index (κ3) is 8.94. The summed E-state index contributed by atoms with van der Waals surface area (Å²) in [5.41, 5.74) is 4.25. The fraction of sp³-hybridized carbons (Fsp3) is 0.385. The fourth-order valence-corrected chi connectivity index (χ4v) is 3.78. The lowest BCUT2D eigenvalue weighted by molar-refractivity contribution is -0.134. The summed E-state index contributed by atoms with van der Waals surface area (Å²) in [6.07, 6.45) is 5.91. The van der Waals surface area contributed by atoms with E-state index in [9.17, 15) is 9.59 Å². The molecule has 2 N–H and O–H groups in total. The molecule has 1 aliphatic rings. The van der Waals surface area contributed by atoms with Crippen LogP contribution >= 0.6 is 0 Å². The number of nitrogens with zero attached hydrogens (tertiary/aromatic N) is 2. The molecular weight excluding hydrogens is 404 g/mol. The smallest absolute Gasteiger partial charge is 0.328 e. The van der Waals surface area contributed by atoms with Crippen molar-refractivity contribution in [1.82, 2.24) is 4.90 Å². The van der Waals surface area contributed by atoms with Crippen molar-refractivity contribution in [3.63, 3.8) is 0 Å². The van der Waals surface area contributed by atoms with Crippen LogP contribution in [0.5, 0.6) is 0 Å². The summed E-state index contributed by atoms with van der Waals surface area (Å²) in [4.78, 5) is 24.2. The molecule has 0 radical (unpaired) electrons. The van der Waals surface area contributed by atoms with E-state index >= 15 is 0 Å². The van der Waals surface area contributed by atoms with Crippen LogP contribution in [0, 0.1) is 0 Å². The number of piperidine rings is 1. The summed E-state index contributed by atoms with van der Waals surface area (Å²) in [5.74, 6) is -2.51. The highest BCUT2D eigenvalue weighted by Gasteiger charge is 2.22. The molecule has 3 rings (SSSR count). The van der Waals surface area contributed by atoms with Crippen molar-refractivity contribution in [3.8, 4) is 0 Å². The highest BCUT2D eigenvalue weighted by Crippen LogP contribution is 2.23. The lowest BCUT2D eigenvalue weighted by atomic mass is 10.0. The standard InChI is InChI=1S/C22H30N2.C4H4O4/c1-3-19-9-11-22(12-10-19)24-17-14-21(15-18-24)23(2)16-13-20-7-5-4-6-8-20;5-3(6)1-2-4(7)8/h4-12,21H,3,13-18H2,1-2H3;1-2H,(H,5,6)(H,7,8)/b;2-1+. The van der Waals surface area contributed by atoms with Crippen molar-refractivity contribution in [2.24, 2.45) is 0 Å². The van der Waals surface area contributed by atoms with Gasteiger partial charge in [-0.25, -0.2) is 9.59 Å². The van der Waals surface area contributed by atoms with Gasteiger partial charge in [-0.05, 0) is 56.0 Å². The first-order chi connectivity index (χ1) is 15.4. The van der Waals surface area contributed by atoms with E-state index in [1.165, 1.54) is 42.7 Å². The van der Waals surface area contributed by atoms with Crippen molar-refractivity contribution in [2.45, 2.75) is 38.6 Å². The second kappa shape index (κ2) is 13.3. The lowest BCUT2D eigenvalue weighted by Crippen LogP contribution is -2.44. The normalized spacial score (nSPS) is 14.3. The Morgan fingerprint density at radius 2 is 1.50 bits per heavy atom. The number of rotatable bonds is 8. The minimum Gasteiger partial charge on any atom is -0.478 e. The SMILES string of the molecule is CCc1ccc(N2CCC(N(C)CCc3ccccc3)CC2)cc1.O=C(O)/C=C/C(=O)O. The molecule has 2 aromatic rings. The topological polar surface area (TPSA) is 81.1 Å². The van der Waals surface area contributed by atoms with Crippen LogP contribution in [0.2, 0.25) is 0 Å². The van der Waals surface area contributed by atoms with Crippen molar-refractivity contribution in [1.29, 1.82) is 0 Å². The maximum atomic E-state index is 9.55. The number of anilines is 1. The Hall–Kier alpha value is -3.12. The van der Waals surface area contributed by atoms with Crippen LogP contribution in [0.1, 0.15) is 30.9 Å². The zero-order valence-corrected chi connectivity index (χ0v) is 19.0. The molecule has 1 heterocycles. The Morgan fingerprint density at radius 1 is 0.938 bits per heavy atom. The number of carboxylic acid groups (broad SMARTS) is 2. The van der Waals surface area contributed by atoms with Crippen molar-refractivity contribution >= 4 is 17.6 Å². The van der Waals surface area contributed by atoms with E-state index in [2.05, 4.69) is 78.4 Å². The zero-order valence-electron chi connectivity index (χ0n) is 19.0. The summed E-state index contributed by atoms with van der Waals surface area (Å²) in [5, 5.41) is 15.6. The quantitative estimate of drug-likeness (QED) is 0.604. The number of hydrogen-bond donors (Lipinski definition) is 2. The van der Waals surface area contributed by atoms with Gasteiger partial charge in [-0.2, -0.15) is 0 Å². The van der Waals surface area contributed by atoms with Crippen LogP contribution in [-0.2, 0) is 22.4 Å². The third-order valence-electron chi connectivity index (χ3n) is 5.76. The predicted octanol–water partition coefficient (Wildman–Crippen LogP) is 4.10. The highest BCUT2D eigenvalue weighted by molar-refractivity contribution is 5.89. The number of likely N-dealkylation sites (N-methyl/N-ethyl adjacent to an activating group) is 1. The van der Waals surface area contributed by atoms with Gasteiger partial charge in [0.05, 0.1) is 0 Å². The van der Waals surface area contributed by atoms with Crippen molar-refractivity contribution in [3.05, 3.63) is 77.9 Å². The zero-order chi connectivity index (χ0) is 23.3. The largest absolute Gasteiger partial charge is 0.478 e. The van der Waals surface area contributed by atoms with E-state index in [-0.39, 0.29) is 0 Å². The van der Waals surface area contributed by atoms with Crippen LogP contribution < -0.4 is 4.90 Å². The molecule has 0 bridgehead atoms. The van der Waals surface area contributed by atoms with E-state index in [0.717, 1.165) is 25.4 Å². The minimum atomic E-state index is -1.26. The van der Waals surface area contributed by atoms with Gasteiger partial charge in [-0.3, -0.25) is 0 Å². The number of hydrogen-bond acceptors (Lipinski definition) is 4. The predicted molar refractivity (Wildman–Crippen MR) is 128 cm³/mol. The Morgan fingerprint density at radius 3 is 2.00 bits per heavy atom. The Balaban J connectivity index is 0.000000390. The molecule has 6 nitrogen and oxygen atoms in total.